The molecule has 0 aromatic heterocycles. The third kappa shape index (κ3) is 4.72. The van der Waals surface area contributed by atoms with Gasteiger partial charge in [0.1, 0.15) is 5.37 Å². The summed E-state index contributed by atoms with van der Waals surface area (Å²) >= 11 is 1.64. The summed E-state index contributed by atoms with van der Waals surface area (Å²) in [5.74, 6) is 1.41. The van der Waals surface area contributed by atoms with Crippen LogP contribution in [0.15, 0.2) is 48.5 Å². The van der Waals surface area contributed by atoms with Gasteiger partial charge in [-0.15, -0.1) is 11.8 Å². The topological polar surface area (TPSA) is 49.4 Å². The number of carbonyl (C=O) groups is 2. The Kier molecular flexibility index (Phi) is 6.78. The molecular formula is C25H30N2O2S. The Morgan fingerprint density at radius 3 is 2.73 bits per heavy atom. The van der Waals surface area contributed by atoms with Crippen molar-refractivity contribution in [1.82, 2.24) is 0 Å². The highest BCUT2D eigenvalue weighted by Crippen LogP contribution is 2.43. The molecule has 2 aromatic rings. The number of aryl methyl sites for hydroxylation is 1. The van der Waals surface area contributed by atoms with Crippen molar-refractivity contribution in [1.29, 1.82) is 0 Å². The molecule has 5 heteroatoms. The average Bonchev–Trinajstić information content (AvgIpc) is 3.42. The summed E-state index contributed by atoms with van der Waals surface area (Å²) in [6, 6.07) is 16.1. The number of thioether (sulfide) groups is 1. The lowest BCUT2D eigenvalue weighted by Gasteiger charge is -2.26. The van der Waals surface area contributed by atoms with Gasteiger partial charge in [-0.2, -0.15) is 0 Å². The van der Waals surface area contributed by atoms with Gasteiger partial charge in [-0.05, 0) is 48.1 Å². The maximum Gasteiger partial charge on any atom is 0.238 e. The first-order valence-electron chi connectivity index (χ1n) is 11.1. The molecule has 0 radical (unpaired) electrons. The predicted octanol–water partition coefficient (Wildman–Crippen LogP) is 5.94. The van der Waals surface area contributed by atoms with E-state index in [2.05, 4.69) is 18.3 Å². The summed E-state index contributed by atoms with van der Waals surface area (Å²) in [4.78, 5) is 27.1. The van der Waals surface area contributed by atoms with Gasteiger partial charge in [0.15, 0.2) is 0 Å². The number of benzene rings is 2. The fourth-order valence-corrected chi connectivity index (χ4v) is 5.76. The van der Waals surface area contributed by atoms with E-state index in [4.69, 9.17) is 0 Å². The van der Waals surface area contributed by atoms with Crippen LogP contribution in [0, 0.1) is 5.92 Å². The Bertz CT molecular complexity index is 908. The van der Waals surface area contributed by atoms with Crippen LogP contribution in [0.2, 0.25) is 0 Å². The molecule has 2 fully saturated rings. The van der Waals surface area contributed by atoms with E-state index in [1.807, 2.05) is 47.4 Å². The maximum atomic E-state index is 12.7. The molecule has 1 N–H and O–H groups in total. The lowest BCUT2D eigenvalue weighted by molar-refractivity contribution is -0.117. The molecule has 4 rings (SSSR count). The zero-order chi connectivity index (χ0) is 20.9. The smallest absolute Gasteiger partial charge is 0.238 e. The fourth-order valence-electron chi connectivity index (χ4n) is 4.60. The molecule has 1 heterocycles. The minimum atomic E-state index is -0.0689. The van der Waals surface area contributed by atoms with Gasteiger partial charge in [-0.1, -0.05) is 62.9 Å². The normalized spacial score (nSPS) is 19.4. The number of rotatable bonds is 7. The molecule has 1 unspecified atom stereocenters. The van der Waals surface area contributed by atoms with Crippen molar-refractivity contribution >= 4 is 35.0 Å². The molecule has 30 heavy (non-hydrogen) atoms. The largest absolute Gasteiger partial charge is 0.326 e. The van der Waals surface area contributed by atoms with Crippen molar-refractivity contribution in [3.8, 4) is 0 Å². The lowest BCUT2D eigenvalue weighted by atomic mass is 10.0. The standard InChI is InChI=1S/C25H30N2O2S/c1-2-19-10-5-6-13-22(19)27-24(29)17-30-25(27)20-11-7-12-21(16-20)26-23(28)15-14-18-8-3-4-9-18/h5-7,10-13,16,18,25H,2-4,8-9,14-15,17H2,1H3,(H,26,28). The highest BCUT2D eigenvalue weighted by atomic mass is 32.2. The van der Waals surface area contributed by atoms with Crippen LogP contribution in [-0.4, -0.2) is 17.6 Å². The van der Waals surface area contributed by atoms with E-state index in [1.165, 1.54) is 31.2 Å². The fraction of sp³-hybridized carbons (Fsp3) is 0.440. The summed E-state index contributed by atoms with van der Waals surface area (Å²) in [5, 5.41) is 3.00. The number of nitrogens with zero attached hydrogens (tertiary/aromatic N) is 1. The van der Waals surface area contributed by atoms with E-state index in [0.717, 1.165) is 35.7 Å². The molecule has 0 bridgehead atoms. The second-order valence-electron chi connectivity index (χ2n) is 8.27. The minimum absolute atomic E-state index is 0.0689. The van der Waals surface area contributed by atoms with Crippen molar-refractivity contribution in [2.45, 2.75) is 57.2 Å². The molecule has 158 valence electrons. The molecule has 0 spiro atoms. The molecule has 1 atom stereocenters. The van der Waals surface area contributed by atoms with E-state index in [-0.39, 0.29) is 17.2 Å². The van der Waals surface area contributed by atoms with Crippen LogP contribution in [0.1, 0.15) is 61.9 Å². The van der Waals surface area contributed by atoms with Gasteiger partial charge >= 0.3 is 0 Å². The van der Waals surface area contributed by atoms with Crippen LogP contribution in [0.3, 0.4) is 0 Å². The van der Waals surface area contributed by atoms with Gasteiger partial charge in [-0.25, -0.2) is 0 Å². The summed E-state index contributed by atoms with van der Waals surface area (Å²) in [6.45, 7) is 2.11. The van der Waals surface area contributed by atoms with Crippen molar-refractivity contribution in [2.24, 2.45) is 5.92 Å². The number of hydrogen-bond acceptors (Lipinski definition) is 3. The quantitative estimate of drug-likeness (QED) is 0.601. The summed E-state index contributed by atoms with van der Waals surface area (Å²) in [5.41, 5.74) is 4.03. The first-order chi connectivity index (χ1) is 14.7. The third-order valence-corrected chi connectivity index (χ3v) is 7.42. The van der Waals surface area contributed by atoms with Crippen LogP contribution in [-0.2, 0) is 16.0 Å². The monoisotopic (exact) mass is 422 g/mol. The van der Waals surface area contributed by atoms with E-state index >= 15 is 0 Å². The minimum Gasteiger partial charge on any atom is -0.326 e. The molecule has 1 aliphatic heterocycles. The number of carbonyl (C=O) groups excluding carboxylic acids is 2. The lowest BCUT2D eigenvalue weighted by Crippen LogP contribution is -2.28. The number of amides is 2. The highest BCUT2D eigenvalue weighted by Gasteiger charge is 2.35. The Hall–Kier alpha value is -2.27. The van der Waals surface area contributed by atoms with Crippen LogP contribution < -0.4 is 10.2 Å². The van der Waals surface area contributed by atoms with Crippen molar-refractivity contribution in [3.63, 3.8) is 0 Å². The van der Waals surface area contributed by atoms with Crippen molar-refractivity contribution in [3.05, 3.63) is 59.7 Å². The molecule has 2 aromatic carbocycles. The van der Waals surface area contributed by atoms with Gasteiger partial charge in [0, 0.05) is 17.8 Å². The molecule has 1 aliphatic carbocycles. The first kappa shape index (κ1) is 21.0. The van der Waals surface area contributed by atoms with Gasteiger partial charge in [-0.3, -0.25) is 14.5 Å². The maximum absolute atomic E-state index is 12.7. The van der Waals surface area contributed by atoms with E-state index in [9.17, 15) is 9.59 Å². The van der Waals surface area contributed by atoms with Crippen LogP contribution >= 0.6 is 11.8 Å². The van der Waals surface area contributed by atoms with Gasteiger partial charge in [0.05, 0.1) is 5.75 Å². The number of anilines is 2. The summed E-state index contributed by atoms with van der Waals surface area (Å²) in [7, 11) is 0. The van der Waals surface area contributed by atoms with Crippen molar-refractivity contribution < 1.29 is 9.59 Å². The molecule has 2 amide bonds. The SMILES string of the molecule is CCc1ccccc1N1C(=O)CSC1c1cccc(NC(=O)CCC2CCCC2)c1. The van der Waals surface area contributed by atoms with Gasteiger partial charge < -0.3 is 5.32 Å². The molecular weight excluding hydrogens is 392 g/mol. The molecule has 1 saturated heterocycles. The highest BCUT2D eigenvalue weighted by molar-refractivity contribution is 8.00. The first-order valence-corrected chi connectivity index (χ1v) is 12.1. The Morgan fingerprint density at radius 2 is 1.93 bits per heavy atom. The van der Waals surface area contributed by atoms with E-state index < -0.39 is 0 Å². The third-order valence-electron chi connectivity index (χ3n) is 6.21. The Labute approximate surface area is 183 Å². The molecule has 2 aliphatic rings. The van der Waals surface area contributed by atoms with Crippen LogP contribution in [0.25, 0.3) is 0 Å². The Balaban J connectivity index is 1.48. The molecule has 1 saturated carbocycles. The molecule has 4 nitrogen and oxygen atoms in total. The second kappa shape index (κ2) is 9.69. The summed E-state index contributed by atoms with van der Waals surface area (Å²) < 4.78 is 0. The predicted molar refractivity (Wildman–Crippen MR) is 125 cm³/mol. The van der Waals surface area contributed by atoms with Crippen LogP contribution in [0.4, 0.5) is 11.4 Å². The zero-order valence-electron chi connectivity index (χ0n) is 17.6. The number of hydrogen-bond donors (Lipinski definition) is 1. The zero-order valence-corrected chi connectivity index (χ0v) is 18.4. The van der Waals surface area contributed by atoms with E-state index in [0.29, 0.717) is 12.2 Å². The average molecular weight is 423 g/mol. The second-order valence-corrected chi connectivity index (χ2v) is 9.34. The van der Waals surface area contributed by atoms with Gasteiger partial charge in [0.2, 0.25) is 11.8 Å². The number of nitrogens with one attached hydrogen (secondary N) is 1. The number of para-hydroxylation sites is 1. The van der Waals surface area contributed by atoms with Crippen LogP contribution in [0.5, 0.6) is 0 Å². The van der Waals surface area contributed by atoms with Gasteiger partial charge in [0.25, 0.3) is 0 Å². The summed E-state index contributed by atoms with van der Waals surface area (Å²) in [6.07, 6.45) is 7.61. The van der Waals surface area contributed by atoms with Crippen molar-refractivity contribution in [2.75, 3.05) is 16.0 Å². The van der Waals surface area contributed by atoms with E-state index in [1.54, 1.807) is 11.8 Å². The Morgan fingerprint density at radius 1 is 1.13 bits per heavy atom.